The number of rotatable bonds is 6. The van der Waals surface area contributed by atoms with Gasteiger partial charge in [0.15, 0.2) is 5.82 Å². The van der Waals surface area contributed by atoms with Crippen LogP contribution in [0.4, 0.5) is 0 Å². The van der Waals surface area contributed by atoms with Crippen molar-refractivity contribution < 1.29 is 24.0 Å². The number of aromatic nitrogens is 4. The molecule has 0 radical (unpaired) electrons. The number of amides is 2. The molecule has 0 spiro atoms. The number of carbonyl (C=O) groups is 3. The first-order chi connectivity index (χ1) is 14.3. The second kappa shape index (κ2) is 8.00. The molecule has 11 nitrogen and oxygen atoms in total. The van der Waals surface area contributed by atoms with Gasteiger partial charge in [-0.15, -0.1) is 33.3 Å². The van der Waals surface area contributed by atoms with E-state index in [4.69, 9.17) is 4.52 Å². The number of thiol groups is 1. The number of fused-ring (bicyclic) bond motifs is 1. The molecule has 3 unspecified atom stereocenters. The molecule has 30 heavy (non-hydrogen) atoms. The summed E-state index contributed by atoms with van der Waals surface area (Å²) in [4.78, 5) is 42.1. The molecule has 2 aromatic heterocycles. The van der Waals surface area contributed by atoms with Crippen LogP contribution in [0.15, 0.2) is 15.8 Å². The molecule has 2 amide bonds. The number of β-lactam (4-membered cyclic amide) rings is 1. The Kier molecular flexibility index (Phi) is 5.55. The minimum Gasteiger partial charge on any atom is -0.477 e. The lowest BCUT2D eigenvalue weighted by atomic mass is 10.0. The third kappa shape index (κ3) is 3.70. The van der Waals surface area contributed by atoms with Crippen molar-refractivity contribution in [3.05, 3.63) is 33.0 Å². The number of thioether (sulfide) groups is 1. The van der Waals surface area contributed by atoms with Crippen molar-refractivity contribution in [2.24, 2.45) is 0 Å². The highest BCUT2D eigenvalue weighted by Crippen LogP contribution is 2.45. The summed E-state index contributed by atoms with van der Waals surface area (Å²) >= 11 is 7.22. The smallest absolute Gasteiger partial charge is 0.352 e. The molecule has 3 atom stereocenters. The Balaban J connectivity index is 1.51. The Hall–Kier alpha value is -2.45. The van der Waals surface area contributed by atoms with E-state index in [0.29, 0.717) is 22.2 Å². The molecule has 2 aliphatic rings. The number of carbonyl (C=O) groups excluding carboxylic acids is 2. The Morgan fingerprint density at radius 1 is 1.40 bits per heavy atom. The van der Waals surface area contributed by atoms with Crippen molar-refractivity contribution in [2.75, 3.05) is 5.75 Å². The van der Waals surface area contributed by atoms with Gasteiger partial charge in [0.25, 0.3) is 5.91 Å². The van der Waals surface area contributed by atoms with Crippen LogP contribution in [0.1, 0.15) is 27.0 Å². The number of nitrogens with zero attached hydrogens (tertiary/aromatic N) is 5. The number of nitrogens with one attached hydrogen (secondary N) is 1. The van der Waals surface area contributed by atoms with Crippen LogP contribution in [-0.4, -0.2) is 65.3 Å². The molecule has 0 aliphatic carbocycles. The van der Waals surface area contributed by atoms with E-state index < -0.39 is 34.4 Å². The summed E-state index contributed by atoms with van der Waals surface area (Å²) in [7, 11) is 0. The summed E-state index contributed by atoms with van der Waals surface area (Å²) in [6.45, 7) is 3.40. The van der Waals surface area contributed by atoms with E-state index in [2.05, 4.69) is 38.3 Å². The fraction of sp³-hybridized carbons (Fsp3) is 0.438. The summed E-state index contributed by atoms with van der Waals surface area (Å²) in [6.07, 6.45) is -0.138. The zero-order valence-electron chi connectivity index (χ0n) is 15.7. The van der Waals surface area contributed by atoms with Gasteiger partial charge in [-0.05, 0) is 12.5 Å². The minimum absolute atomic E-state index is 0.115. The lowest BCUT2D eigenvalue weighted by Crippen LogP contribution is -2.70. The number of aryl methyl sites for hydroxylation is 2. The third-order valence-corrected chi connectivity index (χ3v) is 7.45. The van der Waals surface area contributed by atoms with Crippen molar-refractivity contribution in [1.82, 2.24) is 30.6 Å². The number of aliphatic carboxylic acids is 1. The molecule has 4 rings (SSSR count). The summed E-state index contributed by atoms with van der Waals surface area (Å²) in [6, 6.07) is -0.825. The first-order valence-corrected chi connectivity index (χ1v) is 11.1. The van der Waals surface area contributed by atoms with Crippen LogP contribution in [0, 0.1) is 13.8 Å². The first kappa shape index (κ1) is 20.8. The number of carboxylic acid groups (broad SMARTS) is 1. The molecule has 158 valence electrons. The quantitative estimate of drug-likeness (QED) is 0.403. The van der Waals surface area contributed by atoms with Crippen molar-refractivity contribution in [3.63, 3.8) is 0 Å². The van der Waals surface area contributed by atoms with E-state index in [1.54, 1.807) is 13.8 Å². The predicted octanol–water partition coefficient (Wildman–Crippen LogP) is 0.490. The van der Waals surface area contributed by atoms with E-state index in [9.17, 15) is 19.5 Å². The highest BCUT2D eigenvalue weighted by Gasteiger charge is 2.54. The van der Waals surface area contributed by atoms with Gasteiger partial charge in [0.1, 0.15) is 27.1 Å². The maximum atomic E-state index is 12.7. The van der Waals surface area contributed by atoms with Crippen LogP contribution < -0.4 is 5.32 Å². The molecule has 0 aromatic carbocycles. The van der Waals surface area contributed by atoms with Gasteiger partial charge in [0.2, 0.25) is 11.8 Å². The van der Waals surface area contributed by atoms with Gasteiger partial charge in [-0.1, -0.05) is 5.16 Å². The summed E-state index contributed by atoms with van der Waals surface area (Å²) < 4.78 is 4.82. The molecule has 0 bridgehead atoms. The summed E-state index contributed by atoms with van der Waals surface area (Å²) in [5.74, 6) is -1.28. The van der Waals surface area contributed by atoms with Gasteiger partial charge in [-0.3, -0.25) is 14.5 Å². The molecular formula is C16H16N6O5S3. The monoisotopic (exact) mass is 468 g/mol. The molecule has 2 N–H and O–H groups in total. The van der Waals surface area contributed by atoms with Crippen molar-refractivity contribution in [1.29, 1.82) is 0 Å². The number of hydrogen-bond acceptors (Lipinski definition) is 11. The normalized spacial score (nSPS) is 21.8. The average Bonchev–Trinajstić information content (AvgIpc) is 3.32. The summed E-state index contributed by atoms with van der Waals surface area (Å²) in [5, 5.41) is 24.2. The highest BCUT2D eigenvalue weighted by atomic mass is 32.2. The van der Waals surface area contributed by atoms with Crippen LogP contribution in [0.25, 0.3) is 0 Å². The van der Waals surface area contributed by atoms with Crippen molar-refractivity contribution in [3.8, 4) is 0 Å². The fourth-order valence-corrected chi connectivity index (χ4v) is 5.86. The van der Waals surface area contributed by atoms with E-state index >= 15 is 0 Å². The molecule has 4 heterocycles. The molecular weight excluding hydrogens is 452 g/mol. The van der Waals surface area contributed by atoms with Crippen LogP contribution in [0.2, 0.25) is 0 Å². The molecule has 1 fully saturated rings. The van der Waals surface area contributed by atoms with E-state index in [0.717, 1.165) is 5.01 Å². The maximum absolute atomic E-state index is 12.7. The third-order valence-electron chi connectivity index (χ3n) is 4.51. The zero-order chi connectivity index (χ0) is 21.6. The zero-order valence-corrected chi connectivity index (χ0v) is 18.3. The van der Waals surface area contributed by atoms with Crippen LogP contribution in [0.5, 0.6) is 0 Å². The number of hydrogen-bond donors (Lipinski definition) is 3. The second-order valence-electron chi connectivity index (χ2n) is 6.60. The highest BCUT2D eigenvalue weighted by molar-refractivity contribution is 8.00. The van der Waals surface area contributed by atoms with Gasteiger partial charge in [0, 0.05) is 12.7 Å². The molecule has 0 saturated carbocycles. The lowest BCUT2D eigenvalue weighted by Gasteiger charge is -2.49. The molecule has 2 aromatic rings. The van der Waals surface area contributed by atoms with E-state index in [-0.39, 0.29) is 17.9 Å². The Bertz CT molecular complexity index is 1070. The van der Waals surface area contributed by atoms with Gasteiger partial charge in [-0.2, -0.15) is 17.6 Å². The Morgan fingerprint density at radius 3 is 2.77 bits per heavy atom. The largest absolute Gasteiger partial charge is 0.477 e. The Labute approximate surface area is 183 Å². The predicted molar refractivity (Wildman–Crippen MR) is 109 cm³/mol. The van der Waals surface area contributed by atoms with E-state index in [1.807, 2.05) is 0 Å². The van der Waals surface area contributed by atoms with Gasteiger partial charge >= 0.3 is 5.97 Å². The molecule has 2 aliphatic heterocycles. The van der Waals surface area contributed by atoms with Crippen LogP contribution in [0.3, 0.4) is 0 Å². The van der Waals surface area contributed by atoms with Gasteiger partial charge in [-0.25, -0.2) is 4.79 Å². The minimum atomic E-state index is -1.23. The SMILES string of the molecule is Cc1nc(CC(=O)NC2C(=O)N3C(C(=O)O)=C(C(S)c4nnc(C)s4)CSC23)no1. The van der Waals surface area contributed by atoms with Crippen molar-refractivity contribution in [2.45, 2.75) is 36.9 Å². The molecule has 14 heteroatoms. The Morgan fingerprint density at radius 2 is 2.17 bits per heavy atom. The standard InChI is InChI=1S/C16H16N6O5S3/c1-5-17-8(21-27-5)3-9(23)18-10-14(24)22-11(16(25)26)7(4-29-15(10)22)12(28)13-20-19-6(2)30-13/h10,12,15,28H,3-4H2,1-2H3,(H,18,23)(H,25,26). The van der Waals surface area contributed by atoms with Crippen molar-refractivity contribution >= 4 is 53.5 Å². The van der Waals surface area contributed by atoms with Gasteiger partial charge in [0.05, 0.1) is 11.7 Å². The van der Waals surface area contributed by atoms with E-state index in [1.165, 1.54) is 28.0 Å². The number of carboxylic acids is 1. The molecule has 1 saturated heterocycles. The maximum Gasteiger partial charge on any atom is 0.352 e. The second-order valence-corrected chi connectivity index (χ2v) is 9.44. The van der Waals surface area contributed by atoms with Gasteiger partial charge < -0.3 is 14.9 Å². The summed E-state index contributed by atoms with van der Waals surface area (Å²) in [5.41, 5.74) is 0.361. The topological polar surface area (TPSA) is 151 Å². The van der Waals surface area contributed by atoms with Crippen LogP contribution in [-0.2, 0) is 20.8 Å². The lowest BCUT2D eigenvalue weighted by molar-refractivity contribution is -0.150. The fourth-order valence-electron chi connectivity index (χ4n) is 3.21. The van der Waals surface area contributed by atoms with Crippen LogP contribution >= 0.6 is 35.7 Å². The average molecular weight is 469 g/mol. The first-order valence-electron chi connectivity index (χ1n) is 8.74.